The first-order valence-electron chi connectivity index (χ1n) is 8.56. The van der Waals surface area contributed by atoms with Gasteiger partial charge in [0.15, 0.2) is 0 Å². The first kappa shape index (κ1) is 17.9. The summed E-state index contributed by atoms with van der Waals surface area (Å²) in [6.07, 6.45) is 0. The molecule has 1 aliphatic heterocycles. The van der Waals surface area contributed by atoms with E-state index in [9.17, 15) is 9.59 Å². The summed E-state index contributed by atoms with van der Waals surface area (Å²) in [5, 5.41) is 2.87. The standard InChI is InChI=1S/C20H22N2O4/c1-25-18-5-3-2-4-17(18)14-21-19(23)15-6-8-16(9-7-15)20(24)22-10-12-26-13-11-22/h2-9H,10-14H2,1H3,(H,21,23). The molecule has 0 aliphatic carbocycles. The van der Waals surface area contributed by atoms with Gasteiger partial charge in [-0.15, -0.1) is 0 Å². The summed E-state index contributed by atoms with van der Waals surface area (Å²) in [6, 6.07) is 14.3. The fourth-order valence-corrected chi connectivity index (χ4v) is 2.84. The molecule has 2 aromatic rings. The second-order valence-corrected chi connectivity index (χ2v) is 5.98. The van der Waals surface area contributed by atoms with Crippen molar-refractivity contribution in [3.63, 3.8) is 0 Å². The van der Waals surface area contributed by atoms with Gasteiger partial charge in [0.05, 0.1) is 20.3 Å². The number of hydrogen-bond acceptors (Lipinski definition) is 4. The molecule has 0 saturated carbocycles. The molecule has 1 N–H and O–H groups in total. The Bertz CT molecular complexity index is 768. The molecule has 26 heavy (non-hydrogen) atoms. The summed E-state index contributed by atoms with van der Waals surface area (Å²) in [5.74, 6) is 0.509. The summed E-state index contributed by atoms with van der Waals surface area (Å²) in [6.45, 7) is 2.70. The van der Waals surface area contributed by atoms with Gasteiger partial charge in [-0.05, 0) is 30.3 Å². The Morgan fingerprint density at radius 2 is 1.69 bits per heavy atom. The Balaban J connectivity index is 1.60. The minimum absolute atomic E-state index is 0.0331. The monoisotopic (exact) mass is 354 g/mol. The number of benzene rings is 2. The number of morpholine rings is 1. The largest absolute Gasteiger partial charge is 0.496 e. The molecule has 2 amide bonds. The molecule has 3 rings (SSSR count). The van der Waals surface area contributed by atoms with Crippen molar-refractivity contribution in [2.45, 2.75) is 6.54 Å². The van der Waals surface area contributed by atoms with E-state index in [0.29, 0.717) is 44.0 Å². The van der Waals surface area contributed by atoms with Crippen LogP contribution in [0.5, 0.6) is 5.75 Å². The molecule has 0 radical (unpaired) electrons. The Labute approximate surface area is 152 Å². The van der Waals surface area contributed by atoms with Crippen LogP contribution < -0.4 is 10.1 Å². The van der Waals surface area contributed by atoms with Crippen LogP contribution in [0, 0.1) is 0 Å². The van der Waals surface area contributed by atoms with E-state index in [-0.39, 0.29) is 11.8 Å². The number of methoxy groups -OCH3 is 1. The van der Waals surface area contributed by atoms with E-state index >= 15 is 0 Å². The molecular weight excluding hydrogens is 332 g/mol. The number of ether oxygens (including phenoxy) is 2. The van der Waals surface area contributed by atoms with E-state index in [1.165, 1.54) is 0 Å². The van der Waals surface area contributed by atoms with Gasteiger partial charge in [0, 0.05) is 36.3 Å². The molecule has 1 heterocycles. The van der Waals surface area contributed by atoms with E-state index in [0.717, 1.165) is 11.3 Å². The van der Waals surface area contributed by atoms with Crippen molar-refractivity contribution in [3.8, 4) is 5.75 Å². The number of para-hydroxylation sites is 1. The van der Waals surface area contributed by atoms with E-state index in [2.05, 4.69) is 5.32 Å². The third kappa shape index (κ3) is 4.21. The average molecular weight is 354 g/mol. The van der Waals surface area contributed by atoms with Gasteiger partial charge in [-0.3, -0.25) is 9.59 Å². The summed E-state index contributed by atoms with van der Waals surface area (Å²) < 4.78 is 10.5. The Morgan fingerprint density at radius 1 is 1.04 bits per heavy atom. The highest BCUT2D eigenvalue weighted by molar-refractivity contribution is 5.97. The number of nitrogens with zero attached hydrogens (tertiary/aromatic N) is 1. The van der Waals surface area contributed by atoms with Crippen LogP contribution in [0.2, 0.25) is 0 Å². The smallest absolute Gasteiger partial charge is 0.254 e. The van der Waals surface area contributed by atoms with Crippen molar-refractivity contribution in [2.24, 2.45) is 0 Å². The van der Waals surface area contributed by atoms with Crippen LogP contribution in [0.3, 0.4) is 0 Å². The van der Waals surface area contributed by atoms with Crippen LogP contribution in [0.1, 0.15) is 26.3 Å². The van der Waals surface area contributed by atoms with Gasteiger partial charge < -0.3 is 19.7 Å². The summed E-state index contributed by atoms with van der Waals surface area (Å²) in [4.78, 5) is 26.5. The molecule has 136 valence electrons. The highest BCUT2D eigenvalue weighted by atomic mass is 16.5. The van der Waals surface area contributed by atoms with Crippen molar-refractivity contribution in [3.05, 3.63) is 65.2 Å². The first-order valence-corrected chi connectivity index (χ1v) is 8.56. The van der Waals surface area contributed by atoms with Gasteiger partial charge in [0.25, 0.3) is 11.8 Å². The SMILES string of the molecule is COc1ccccc1CNC(=O)c1ccc(C(=O)N2CCOCC2)cc1. The summed E-state index contributed by atoms with van der Waals surface area (Å²) in [7, 11) is 1.60. The van der Waals surface area contributed by atoms with Crippen molar-refractivity contribution >= 4 is 11.8 Å². The van der Waals surface area contributed by atoms with Crippen LogP contribution in [0.25, 0.3) is 0 Å². The van der Waals surface area contributed by atoms with Crippen LogP contribution in [-0.2, 0) is 11.3 Å². The fourth-order valence-electron chi connectivity index (χ4n) is 2.84. The van der Waals surface area contributed by atoms with E-state index in [1.807, 2.05) is 24.3 Å². The summed E-state index contributed by atoms with van der Waals surface area (Å²) >= 11 is 0. The van der Waals surface area contributed by atoms with Gasteiger partial charge >= 0.3 is 0 Å². The lowest BCUT2D eigenvalue weighted by Crippen LogP contribution is -2.40. The Kier molecular flexibility index (Phi) is 5.86. The van der Waals surface area contributed by atoms with Crippen molar-refractivity contribution in [1.82, 2.24) is 10.2 Å². The highest BCUT2D eigenvalue weighted by Crippen LogP contribution is 2.17. The maximum Gasteiger partial charge on any atom is 0.254 e. The third-order valence-electron chi connectivity index (χ3n) is 4.32. The van der Waals surface area contributed by atoms with E-state index < -0.39 is 0 Å². The predicted molar refractivity (Wildman–Crippen MR) is 97.3 cm³/mol. The zero-order valence-electron chi connectivity index (χ0n) is 14.7. The maximum atomic E-state index is 12.4. The Hall–Kier alpha value is -2.86. The first-order chi connectivity index (χ1) is 12.7. The van der Waals surface area contributed by atoms with E-state index in [4.69, 9.17) is 9.47 Å². The molecule has 1 aliphatic rings. The van der Waals surface area contributed by atoms with Gasteiger partial charge in [0.1, 0.15) is 5.75 Å². The quantitative estimate of drug-likeness (QED) is 0.893. The van der Waals surface area contributed by atoms with Crippen LogP contribution in [0.15, 0.2) is 48.5 Å². The minimum atomic E-state index is -0.193. The number of hydrogen-bond donors (Lipinski definition) is 1. The average Bonchev–Trinajstić information content (AvgIpc) is 2.72. The lowest BCUT2D eigenvalue weighted by atomic mass is 10.1. The molecule has 6 heteroatoms. The topological polar surface area (TPSA) is 67.9 Å². The van der Waals surface area contributed by atoms with Crippen molar-refractivity contribution in [1.29, 1.82) is 0 Å². The highest BCUT2D eigenvalue weighted by Gasteiger charge is 2.18. The second-order valence-electron chi connectivity index (χ2n) is 5.98. The van der Waals surface area contributed by atoms with E-state index in [1.54, 1.807) is 36.3 Å². The van der Waals surface area contributed by atoms with Crippen molar-refractivity contribution in [2.75, 3.05) is 33.4 Å². The van der Waals surface area contributed by atoms with Crippen LogP contribution in [-0.4, -0.2) is 50.1 Å². The lowest BCUT2D eigenvalue weighted by Gasteiger charge is -2.26. The molecule has 2 aromatic carbocycles. The Morgan fingerprint density at radius 3 is 2.38 bits per heavy atom. The predicted octanol–water partition coefficient (Wildman–Crippen LogP) is 2.10. The minimum Gasteiger partial charge on any atom is -0.496 e. The number of amides is 2. The van der Waals surface area contributed by atoms with Gasteiger partial charge in [0.2, 0.25) is 0 Å². The van der Waals surface area contributed by atoms with Gasteiger partial charge in [-0.2, -0.15) is 0 Å². The second kappa shape index (κ2) is 8.49. The normalized spacial score (nSPS) is 14.0. The molecule has 1 fully saturated rings. The van der Waals surface area contributed by atoms with Crippen LogP contribution >= 0.6 is 0 Å². The third-order valence-corrected chi connectivity index (χ3v) is 4.32. The molecule has 0 bridgehead atoms. The molecular formula is C20H22N2O4. The maximum absolute atomic E-state index is 12.4. The van der Waals surface area contributed by atoms with Gasteiger partial charge in [-0.1, -0.05) is 18.2 Å². The zero-order chi connectivity index (χ0) is 18.4. The number of nitrogens with one attached hydrogen (secondary N) is 1. The molecule has 0 aromatic heterocycles. The number of carbonyl (C=O) groups excluding carboxylic acids is 2. The lowest BCUT2D eigenvalue weighted by molar-refractivity contribution is 0.0303. The zero-order valence-corrected chi connectivity index (χ0v) is 14.7. The van der Waals surface area contributed by atoms with Crippen LogP contribution in [0.4, 0.5) is 0 Å². The molecule has 0 spiro atoms. The fraction of sp³-hybridized carbons (Fsp3) is 0.300. The van der Waals surface area contributed by atoms with Crippen molar-refractivity contribution < 1.29 is 19.1 Å². The molecule has 6 nitrogen and oxygen atoms in total. The van der Waals surface area contributed by atoms with Gasteiger partial charge in [-0.25, -0.2) is 0 Å². The molecule has 1 saturated heterocycles. The molecule has 0 atom stereocenters. The number of carbonyl (C=O) groups is 2. The molecule has 0 unspecified atom stereocenters. The number of rotatable bonds is 5. The summed E-state index contributed by atoms with van der Waals surface area (Å²) in [5.41, 5.74) is 1.99.